The Balaban J connectivity index is 0. The Labute approximate surface area is 93.3 Å². The molecule has 0 N–H and O–H groups in total. The summed E-state index contributed by atoms with van der Waals surface area (Å²) >= 11 is 0. The molecule has 0 aliphatic carbocycles. The zero-order chi connectivity index (χ0) is 0. The van der Waals surface area contributed by atoms with Crippen LogP contribution in [0.4, 0.5) is 0 Å². The van der Waals surface area contributed by atoms with Crippen molar-refractivity contribution in [1.29, 1.82) is 0 Å². The molecule has 0 aromatic rings. The topological polar surface area (TPSA) is 0 Å². The maximum Gasteiger partial charge on any atom is 2.00 e. The van der Waals surface area contributed by atoms with E-state index in [4.69, 9.17) is 0 Å². The summed E-state index contributed by atoms with van der Waals surface area (Å²) in [7, 11) is 0. The Kier molecular flexibility index (Phi) is 125. The summed E-state index contributed by atoms with van der Waals surface area (Å²) < 4.78 is 0. The monoisotopic (exact) mass is 130 g/mol. The van der Waals surface area contributed by atoms with Gasteiger partial charge in [-0.3, -0.25) is 0 Å². The van der Waals surface area contributed by atoms with Gasteiger partial charge in [0.15, 0.2) is 17.4 Å². The standard InChI is InChI=1S/Al.Ca.Mg.H4Si.7H/h;;;1H4;;;;;;;/q;2*+2;;;;;4*-1. The summed E-state index contributed by atoms with van der Waals surface area (Å²) in [5.74, 6) is 0. The van der Waals surface area contributed by atoms with Crippen molar-refractivity contribution < 1.29 is 5.71 Å². The second-order valence-electron chi connectivity index (χ2n) is 0. The first kappa shape index (κ1) is 29.3. The van der Waals surface area contributed by atoms with Crippen LogP contribution >= 0.6 is 0 Å². The van der Waals surface area contributed by atoms with Gasteiger partial charge >= 0.3 is 60.8 Å². The van der Waals surface area contributed by atoms with Crippen LogP contribution in [0.2, 0.25) is 0 Å². The average Bonchev–Trinajstić information content (AvgIpc) is 0. The fraction of sp³-hybridized carbons (Fsp3) is 0. The van der Waals surface area contributed by atoms with Crippen LogP contribution in [0.1, 0.15) is 5.71 Å². The zero-order valence-corrected chi connectivity index (χ0v) is 5.04. The molecule has 0 atom stereocenters. The SMILES string of the molecule is [AlH3].[Ca+2].[H-].[H-].[H-].[H-].[Mg+2].[SiH4]. The fourth-order valence-corrected chi connectivity index (χ4v) is 0. The molecular formula is H11AlCaMgSi. The van der Waals surface area contributed by atoms with Crippen molar-refractivity contribution in [3.05, 3.63) is 0 Å². The van der Waals surface area contributed by atoms with E-state index in [2.05, 4.69) is 0 Å². The first-order chi connectivity index (χ1) is 0. The van der Waals surface area contributed by atoms with Crippen LogP contribution in [-0.2, 0) is 0 Å². The molecule has 0 radical (unpaired) electrons. The van der Waals surface area contributed by atoms with Gasteiger partial charge in [-0.2, -0.15) is 0 Å². The van der Waals surface area contributed by atoms with Gasteiger partial charge in [0.1, 0.15) is 0 Å². The average molecular weight is 131 g/mol. The molecule has 0 rings (SSSR count). The molecule has 0 fully saturated rings. The molecule has 0 saturated carbocycles. The van der Waals surface area contributed by atoms with Crippen LogP contribution < -0.4 is 0 Å². The van der Waals surface area contributed by atoms with E-state index < -0.39 is 0 Å². The predicted molar refractivity (Wildman–Crippen MR) is 37.2 cm³/mol. The molecule has 0 amide bonds. The molecule has 0 aliphatic heterocycles. The molecule has 22 valence electrons. The van der Waals surface area contributed by atoms with Crippen molar-refractivity contribution in [2.75, 3.05) is 0 Å². The minimum absolute atomic E-state index is 0. The van der Waals surface area contributed by atoms with Crippen molar-refractivity contribution in [3.8, 4) is 0 Å². The van der Waals surface area contributed by atoms with Crippen molar-refractivity contribution in [2.24, 2.45) is 0 Å². The quantitative estimate of drug-likeness (QED) is 0.308. The fourth-order valence-electron chi connectivity index (χ4n) is 0. The van der Waals surface area contributed by atoms with E-state index >= 15 is 0 Å². The van der Waals surface area contributed by atoms with Gasteiger partial charge in [0.25, 0.3) is 0 Å². The van der Waals surface area contributed by atoms with E-state index in [1.54, 1.807) is 0 Å². The number of hydrogen-bond acceptors (Lipinski definition) is 0. The van der Waals surface area contributed by atoms with Crippen LogP contribution in [-0.4, -0.2) is 89.1 Å². The van der Waals surface area contributed by atoms with E-state index in [1.807, 2.05) is 0 Å². The van der Waals surface area contributed by atoms with E-state index in [0.717, 1.165) is 0 Å². The summed E-state index contributed by atoms with van der Waals surface area (Å²) in [6.07, 6.45) is 0. The summed E-state index contributed by atoms with van der Waals surface area (Å²) in [5, 5.41) is 0. The van der Waals surface area contributed by atoms with Gasteiger partial charge in [-0.1, -0.05) is 0 Å². The first-order valence-electron chi connectivity index (χ1n) is 0. The predicted octanol–water partition coefficient (Wildman–Crippen LogP) is -2.95. The molecule has 4 heteroatoms. The van der Waals surface area contributed by atoms with E-state index in [-0.39, 0.29) is 94.8 Å². The van der Waals surface area contributed by atoms with E-state index in [1.165, 1.54) is 0 Å². The minimum atomic E-state index is 0. The Hall–Kier alpha value is 2.78. The largest absolute Gasteiger partial charge is 2.00 e. The molecular weight excluding hydrogens is 119 g/mol. The first-order valence-corrected chi connectivity index (χ1v) is 0. The minimum Gasteiger partial charge on any atom is -1.00 e. The Bertz CT molecular complexity index is 16.0. The van der Waals surface area contributed by atoms with E-state index in [9.17, 15) is 0 Å². The molecule has 0 aromatic carbocycles. The van der Waals surface area contributed by atoms with Crippen LogP contribution in [0.15, 0.2) is 0 Å². The van der Waals surface area contributed by atoms with Crippen molar-refractivity contribution in [3.63, 3.8) is 0 Å². The van der Waals surface area contributed by atoms with Gasteiger partial charge in [0.05, 0.1) is 0 Å². The summed E-state index contributed by atoms with van der Waals surface area (Å²) in [5.41, 5.74) is 0. The normalized spacial score (nSPS) is 0. The summed E-state index contributed by atoms with van der Waals surface area (Å²) in [4.78, 5) is 0. The molecule has 0 bridgehead atoms. The Morgan fingerprint density at radius 2 is 1.25 bits per heavy atom. The molecule has 0 aromatic heterocycles. The molecule has 0 heterocycles. The van der Waals surface area contributed by atoms with Gasteiger partial charge in [-0.25, -0.2) is 0 Å². The van der Waals surface area contributed by atoms with Gasteiger partial charge in [-0.05, 0) is 11.0 Å². The van der Waals surface area contributed by atoms with Crippen molar-refractivity contribution >= 4 is 89.1 Å². The maximum absolute atomic E-state index is 0. The third-order valence-electron chi connectivity index (χ3n) is 0. The van der Waals surface area contributed by atoms with Crippen LogP contribution in [0.3, 0.4) is 0 Å². The molecule has 0 nitrogen and oxygen atoms in total. The molecule has 0 saturated heterocycles. The van der Waals surface area contributed by atoms with Crippen LogP contribution in [0.25, 0.3) is 0 Å². The molecule has 0 spiro atoms. The van der Waals surface area contributed by atoms with Gasteiger partial charge in [-0.15, -0.1) is 0 Å². The smallest absolute Gasteiger partial charge is 1.00 e. The Morgan fingerprint density at radius 3 is 1.25 bits per heavy atom. The number of rotatable bonds is 0. The molecule has 0 unspecified atom stereocenters. The second kappa shape index (κ2) is 17.1. The van der Waals surface area contributed by atoms with Crippen molar-refractivity contribution in [1.82, 2.24) is 0 Å². The Morgan fingerprint density at radius 1 is 1.25 bits per heavy atom. The number of hydrogen-bond donors (Lipinski definition) is 0. The summed E-state index contributed by atoms with van der Waals surface area (Å²) in [6, 6.07) is 0. The maximum atomic E-state index is 0. The van der Waals surface area contributed by atoms with Gasteiger partial charge in [0.2, 0.25) is 0 Å². The second-order valence-corrected chi connectivity index (χ2v) is 0. The molecule has 4 heavy (non-hydrogen) atoms. The zero-order valence-electron chi connectivity index (χ0n) is 5.41. The molecule has 0 aliphatic rings. The van der Waals surface area contributed by atoms with E-state index in [0.29, 0.717) is 0 Å². The third-order valence-corrected chi connectivity index (χ3v) is 0. The van der Waals surface area contributed by atoms with Crippen LogP contribution in [0, 0.1) is 0 Å². The third kappa shape index (κ3) is 8.84. The van der Waals surface area contributed by atoms with Gasteiger partial charge in [0, 0.05) is 0 Å². The van der Waals surface area contributed by atoms with Crippen molar-refractivity contribution in [2.45, 2.75) is 0 Å². The van der Waals surface area contributed by atoms with Gasteiger partial charge < -0.3 is 5.71 Å². The summed E-state index contributed by atoms with van der Waals surface area (Å²) in [6.45, 7) is 0. The van der Waals surface area contributed by atoms with Crippen LogP contribution in [0.5, 0.6) is 0 Å².